The largest absolute Gasteiger partial charge is 0.490 e. The molecule has 0 radical (unpaired) electrons. The fourth-order valence-electron chi connectivity index (χ4n) is 2.82. The average Bonchev–Trinajstić information content (AvgIpc) is 2.88. The van der Waals surface area contributed by atoms with Gasteiger partial charge in [-0.05, 0) is 25.5 Å². The van der Waals surface area contributed by atoms with Crippen LogP contribution in [0.5, 0.6) is 5.75 Å². The number of halogens is 1. The minimum Gasteiger partial charge on any atom is -0.490 e. The Kier molecular flexibility index (Phi) is 4.60. The molecule has 1 aliphatic rings. The highest BCUT2D eigenvalue weighted by Gasteiger charge is 2.21. The van der Waals surface area contributed by atoms with E-state index >= 15 is 0 Å². The number of hydrogen-bond donors (Lipinski definition) is 1. The number of fused-ring (bicyclic) bond motifs is 1. The number of carbonyl (C=O) groups is 1. The lowest BCUT2D eigenvalue weighted by Crippen LogP contribution is -2.41. The van der Waals surface area contributed by atoms with Gasteiger partial charge in [-0.2, -0.15) is 0 Å². The van der Waals surface area contributed by atoms with Crippen molar-refractivity contribution in [3.05, 3.63) is 47.8 Å². The monoisotopic (exact) mass is 317 g/mol. The summed E-state index contributed by atoms with van der Waals surface area (Å²) in [4.78, 5) is 16.4. The Morgan fingerprint density at radius 2 is 2.30 bits per heavy atom. The van der Waals surface area contributed by atoms with Gasteiger partial charge in [0.1, 0.15) is 5.82 Å². The van der Waals surface area contributed by atoms with Gasteiger partial charge in [-0.3, -0.25) is 4.79 Å². The van der Waals surface area contributed by atoms with Crippen LogP contribution in [0.2, 0.25) is 0 Å². The second-order valence-electron chi connectivity index (χ2n) is 5.78. The van der Waals surface area contributed by atoms with Gasteiger partial charge in [-0.1, -0.05) is 12.1 Å². The Hall–Kier alpha value is -2.37. The van der Waals surface area contributed by atoms with Crippen LogP contribution in [0, 0.1) is 12.7 Å². The van der Waals surface area contributed by atoms with Crippen LogP contribution < -0.4 is 10.1 Å². The maximum absolute atomic E-state index is 13.4. The first-order valence-corrected chi connectivity index (χ1v) is 7.81. The van der Waals surface area contributed by atoms with Gasteiger partial charge in [0.2, 0.25) is 5.91 Å². The molecule has 0 saturated carbocycles. The van der Waals surface area contributed by atoms with E-state index in [9.17, 15) is 9.18 Å². The number of carbonyl (C=O) groups excluding carboxylic acids is 1. The lowest BCUT2D eigenvalue weighted by atomic mass is 10.1. The summed E-state index contributed by atoms with van der Waals surface area (Å²) < 4.78 is 20.8. The highest BCUT2D eigenvalue weighted by molar-refractivity contribution is 5.76. The fraction of sp³-hybridized carbons (Fsp3) is 0.412. The van der Waals surface area contributed by atoms with E-state index in [2.05, 4.69) is 14.9 Å². The third kappa shape index (κ3) is 3.88. The molecule has 0 bridgehead atoms. The molecule has 0 spiro atoms. The highest BCUT2D eigenvalue weighted by Crippen LogP contribution is 2.16. The van der Waals surface area contributed by atoms with E-state index in [-0.39, 0.29) is 30.7 Å². The number of rotatable bonds is 5. The van der Waals surface area contributed by atoms with Gasteiger partial charge in [0.15, 0.2) is 11.6 Å². The molecule has 122 valence electrons. The van der Waals surface area contributed by atoms with Crippen LogP contribution in [0.25, 0.3) is 0 Å². The first-order valence-electron chi connectivity index (χ1n) is 7.81. The van der Waals surface area contributed by atoms with Gasteiger partial charge < -0.3 is 14.6 Å². The Labute approximate surface area is 134 Å². The maximum atomic E-state index is 13.4. The second kappa shape index (κ2) is 6.81. The van der Waals surface area contributed by atoms with Gasteiger partial charge in [-0.15, -0.1) is 0 Å². The summed E-state index contributed by atoms with van der Waals surface area (Å²) in [6.45, 7) is 2.88. The number of hydrogen-bond acceptors (Lipinski definition) is 3. The molecule has 0 saturated heterocycles. The van der Waals surface area contributed by atoms with Crippen molar-refractivity contribution in [3.8, 4) is 5.75 Å². The lowest BCUT2D eigenvalue weighted by molar-refractivity contribution is -0.122. The standard InChI is InChI=1S/C17H20FN3O2/c1-12-10-21-11-13(6-7-16(21)19-12)20-17(22)8-9-23-15-5-3-2-4-14(15)18/h2-5,10,13H,6-9,11H2,1H3,(H,20,22)/t13-/m1/s1. The zero-order valence-electron chi connectivity index (χ0n) is 13.1. The predicted molar refractivity (Wildman–Crippen MR) is 83.7 cm³/mol. The Balaban J connectivity index is 1.44. The molecule has 1 aromatic heterocycles. The van der Waals surface area contributed by atoms with Crippen molar-refractivity contribution in [1.82, 2.24) is 14.9 Å². The van der Waals surface area contributed by atoms with Crippen LogP contribution in [0.3, 0.4) is 0 Å². The van der Waals surface area contributed by atoms with Crippen LogP contribution in [0.15, 0.2) is 30.5 Å². The van der Waals surface area contributed by atoms with E-state index in [0.717, 1.165) is 30.9 Å². The van der Waals surface area contributed by atoms with Crippen molar-refractivity contribution in [2.45, 2.75) is 38.8 Å². The molecule has 0 unspecified atom stereocenters. The van der Waals surface area contributed by atoms with Crippen molar-refractivity contribution >= 4 is 5.91 Å². The molecule has 2 aromatic rings. The van der Waals surface area contributed by atoms with E-state index in [1.165, 1.54) is 6.07 Å². The minimum absolute atomic E-state index is 0.0772. The number of aromatic nitrogens is 2. The summed E-state index contributed by atoms with van der Waals surface area (Å²) in [5.74, 6) is 0.766. The Morgan fingerprint density at radius 1 is 1.48 bits per heavy atom. The first-order chi connectivity index (χ1) is 11.1. The van der Waals surface area contributed by atoms with E-state index in [0.29, 0.717) is 0 Å². The number of nitrogens with one attached hydrogen (secondary N) is 1. The number of nitrogens with zero attached hydrogens (tertiary/aromatic N) is 2. The summed E-state index contributed by atoms with van der Waals surface area (Å²) in [5.41, 5.74) is 1.00. The number of aryl methyl sites for hydroxylation is 2. The molecule has 1 N–H and O–H groups in total. The summed E-state index contributed by atoms with van der Waals surface area (Å²) in [7, 11) is 0. The molecule has 1 aromatic carbocycles. The molecule has 0 fully saturated rings. The van der Waals surface area contributed by atoms with Crippen LogP contribution in [-0.4, -0.2) is 28.1 Å². The van der Waals surface area contributed by atoms with Crippen LogP contribution in [0.1, 0.15) is 24.4 Å². The molecule has 1 atom stereocenters. The van der Waals surface area contributed by atoms with Crippen molar-refractivity contribution < 1.29 is 13.9 Å². The summed E-state index contributed by atoms with van der Waals surface area (Å²) in [6, 6.07) is 6.30. The van der Waals surface area contributed by atoms with E-state index in [1.807, 2.05) is 13.1 Å². The van der Waals surface area contributed by atoms with Crippen LogP contribution >= 0.6 is 0 Å². The average molecular weight is 317 g/mol. The Bertz CT molecular complexity index is 699. The van der Waals surface area contributed by atoms with E-state index in [4.69, 9.17) is 4.74 Å². The van der Waals surface area contributed by atoms with Gasteiger partial charge in [0, 0.05) is 25.2 Å². The number of para-hydroxylation sites is 1. The van der Waals surface area contributed by atoms with E-state index in [1.54, 1.807) is 18.2 Å². The highest BCUT2D eigenvalue weighted by atomic mass is 19.1. The van der Waals surface area contributed by atoms with Crippen molar-refractivity contribution in [2.75, 3.05) is 6.61 Å². The molecular weight excluding hydrogens is 297 g/mol. The number of amides is 1. The molecule has 1 aliphatic heterocycles. The predicted octanol–water partition coefficient (Wildman–Crippen LogP) is 2.23. The normalized spacial score (nSPS) is 16.7. The molecule has 6 heteroatoms. The van der Waals surface area contributed by atoms with Crippen molar-refractivity contribution in [1.29, 1.82) is 0 Å². The Morgan fingerprint density at radius 3 is 3.13 bits per heavy atom. The summed E-state index contributed by atoms with van der Waals surface area (Å²) >= 11 is 0. The van der Waals surface area contributed by atoms with Crippen molar-refractivity contribution in [3.63, 3.8) is 0 Å². The second-order valence-corrected chi connectivity index (χ2v) is 5.78. The minimum atomic E-state index is -0.414. The zero-order valence-corrected chi connectivity index (χ0v) is 13.1. The third-order valence-corrected chi connectivity index (χ3v) is 3.90. The summed E-state index contributed by atoms with van der Waals surface area (Å²) in [5, 5.41) is 3.01. The third-order valence-electron chi connectivity index (χ3n) is 3.90. The number of imidazole rings is 1. The van der Waals surface area contributed by atoms with Gasteiger partial charge >= 0.3 is 0 Å². The molecule has 3 rings (SSSR count). The molecule has 23 heavy (non-hydrogen) atoms. The van der Waals surface area contributed by atoms with Crippen LogP contribution in [-0.2, 0) is 17.8 Å². The fourth-order valence-corrected chi connectivity index (χ4v) is 2.82. The maximum Gasteiger partial charge on any atom is 0.223 e. The smallest absolute Gasteiger partial charge is 0.223 e. The van der Waals surface area contributed by atoms with E-state index < -0.39 is 5.82 Å². The molecule has 0 aliphatic carbocycles. The molecule has 1 amide bonds. The van der Waals surface area contributed by atoms with Crippen LogP contribution in [0.4, 0.5) is 4.39 Å². The van der Waals surface area contributed by atoms with Gasteiger partial charge in [0.05, 0.1) is 18.7 Å². The topological polar surface area (TPSA) is 56.2 Å². The summed E-state index contributed by atoms with van der Waals surface area (Å²) in [6.07, 6.45) is 3.97. The lowest BCUT2D eigenvalue weighted by Gasteiger charge is -2.24. The molecule has 2 heterocycles. The number of ether oxygens (including phenoxy) is 1. The molecular formula is C17H20FN3O2. The molecule has 5 nitrogen and oxygen atoms in total. The number of benzene rings is 1. The van der Waals surface area contributed by atoms with Gasteiger partial charge in [-0.25, -0.2) is 9.37 Å². The quantitative estimate of drug-likeness (QED) is 0.920. The first kappa shape index (κ1) is 15.5. The zero-order chi connectivity index (χ0) is 16.2. The van der Waals surface area contributed by atoms with Gasteiger partial charge in [0.25, 0.3) is 0 Å². The van der Waals surface area contributed by atoms with Crippen molar-refractivity contribution in [2.24, 2.45) is 0 Å². The SMILES string of the molecule is Cc1cn2c(n1)CC[C@@H](NC(=O)CCOc1ccccc1F)C2.